The van der Waals surface area contributed by atoms with Crippen molar-refractivity contribution in [3.8, 4) is 0 Å². The fourth-order valence-electron chi connectivity index (χ4n) is 1.52. The molecule has 0 saturated heterocycles. The van der Waals surface area contributed by atoms with Crippen LogP contribution in [0.3, 0.4) is 0 Å². The zero-order chi connectivity index (χ0) is 13.0. The molecule has 94 valence electrons. The lowest BCUT2D eigenvalue weighted by molar-refractivity contribution is -0.120. The molecule has 0 aliphatic heterocycles. The Morgan fingerprint density at radius 1 is 1.39 bits per heavy atom. The summed E-state index contributed by atoms with van der Waals surface area (Å²) < 4.78 is 0. The summed E-state index contributed by atoms with van der Waals surface area (Å²) >= 11 is 5.77. The first kappa shape index (κ1) is 13.1. The van der Waals surface area contributed by atoms with Crippen molar-refractivity contribution < 1.29 is 4.79 Å². The van der Waals surface area contributed by atoms with E-state index in [2.05, 4.69) is 22.9 Å². The van der Waals surface area contributed by atoms with Crippen molar-refractivity contribution >= 4 is 29.9 Å². The van der Waals surface area contributed by atoms with Crippen LogP contribution in [0.5, 0.6) is 0 Å². The molecule has 2 rings (SSSR count). The molecule has 0 fully saturated rings. The molecule has 0 aliphatic carbocycles. The molecule has 0 unspecified atom stereocenters. The predicted molar refractivity (Wildman–Crippen MR) is 76.1 cm³/mol. The molecule has 1 aromatic carbocycles. The highest BCUT2D eigenvalue weighted by atomic mass is 32.1. The smallest absolute Gasteiger partial charge is 0.224 e. The van der Waals surface area contributed by atoms with Crippen LogP contribution in [-0.2, 0) is 17.8 Å². The highest BCUT2D eigenvalue weighted by Gasteiger charge is 2.04. The Hall–Kier alpha value is -1.33. The van der Waals surface area contributed by atoms with Crippen LogP contribution in [-0.4, -0.2) is 10.9 Å². The average Bonchev–Trinajstić information content (AvgIpc) is 2.76. The molecule has 0 saturated carbocycles. The number of thiol groups is 1. The number of aryl methyl sites for hydroxylation is 1. The third-order valence-corrected chi connectivity index (χ3v) is 3.67. The fourth-order valence-corrected chi connectivity index (χ4v) is 2.38. The first-order chi connectivity index (χ1) is 8.63. The van der Waals surface area contributed by atoms with Gasteiger partial charge in [-0.2, -0.15) is 0 Å². The molecule has 5 heteroatoms. The second-order valence-electron chi connectivity index (χ2n) is 4.00. The fraction of sp³-hybridized carbons (Fsp3) is 0.231. The van der Waals surface area contributed by atoms with Gasteiger partial charge in [-0.05, 0) is 24.6 Å². The van der Waals surface area contributed by atoms with E-state index in [-0.39, 0.29) is 5.91 Å². The number of nitrogens with one attached hydrogen (secondary N) is 1. The Morgan fingerprint density at radius 2 is 2.11 bits per heavy atom. The van der Waals surface area contributed by atoms with Crippen LogP contribution in [0.15, 0.2) is 34.5 Å². The van der Waals surface area contributed by atoms with E-state index in [0.29, 0.717) is 13.0 Å². The molecule has 1 amide bonds. The van der Waals surface area contributed by atoms with Gasteiger partial charge in [-0.3, -0.25) is 4.79 Å². The normalized spacial score (nSPS) is 10.3. The number of thiazole rings is 1. The summed E-state index contributed by atoms with van der Waals surface area (Å²) in [6.07, 6.45) is 0.387. The molecular formula is C13H14N2OS2. The molecular weight excluding hydrogens is 264 g/mol. The van der Waals surface area contributed by atoms with E-state index >= 15 is 0 Å². The van der Waals surface area contributed by atoms with Crippen molar-refractivity contribution in [2.75, 3.05) is 0 Å². The van der Waals surface area contributed by atoms with E-state index in [1.165, 1.54) is 0 Å². The number of hydrogen-bond donors (Lipinski definition) is 2. The third-order valence-electron chi connectivity index (χ3n) is 2.40. The first-order valence-electron chi connectivity index (χ1n) is 5.59. The third kappa shape index (κ3) is 3.85. The van der Waals surface area contributed by atoms with Gasteiger partial charge in [-0.1, -0.05) is 12.1 Å². The molecule has 0 bridgehead atoms. The Labute approximate surface area is 116 Å². The minimum absolute atomic E-state index is 0.00904. The van der Waals surface area contributed by atoms with E-state index in [0.717, 1.165) is 21.2 Å². The Bertz CT molecular complexity index is 534. The largest absolute Gasteiger partial charge is 0.349 e. The topological polar surface area (TPSA) is 42.0 Å². The average molecular weight is 278 g/mol. The molecule has 2 aromatic rings. The highest BCUT2D eigenvalue weighted by Crippen LogP contribution is 2.09. The number of rotatable bonds is 4. The molecule has 1 aromatic heterocycles. The molecule has 0 aliphatic rings. The number of aromatic nitrogens is 1. The standard InChI is InChI=1S/C13H14N2OS2/c1-9-8-18-13(15-9)7-14-12(16)6-10-2-4-11(17)5-3-10/h2-5,8,17H,6-7H2,1H3,(H,14,16). The molecule has 18 heavy (non-hydrogen) atoms. The van der Waals surface area contributed by atoms with E-state index in [1.807, 2.05) is 36.6 Å². The summed E-state index contributed by atoms with van der Waals surface area (Å²) in [6, 6.07) is 7.59. The maximum atomic E-state index is 11.7. The van der Waals surface area contributed by atoms with Crippen molar-refractivity contribution in [2.45, 2.75) is 24.8 Å². The number of carbonyl (C=O) groups excluding carboxylic acids is 1. The summed E-state index contributed by atoms with van der Waals surface area (Å²) in [5.41, 5.74) is 1.98. The van der Waals surface area contributed by atoms with Crippen LogP contribution in [0.4, 0.5) is 0 Å². The van der Waals surface area contributed by atoms with E-state index in [9.17, 15) is 4.79 Å². The van der Waals surface area contributed by atoms with E-state index < -0.39 is 0 Å². The second-order valence-corrected chi connectivity index (χ2v) is 5.46. The van der Waals surface area contributed by atoms with Crippen molar-refractivity contribution in [3.05, 3.63) is 45.9 Å². The van der Waals surface area contributed by atoms with Crippen molar-refractivity contribution in [2.24, 2.45) is 0 Å². The maximum Gasteiger partial charge on any atom is 0.224 e. The lowest BCUT2D eigenvalue weighted by atomic mass is 10.1. The van der Waals surface area contributed by atoms with Gasteiger partial charge in [-0.25, -0.2) is 4.98 Å². The molecule has 0 radical (unpaired) electrons. The van der Waals surface area contributed by atoms with Crippen LogP contribution in [0.2, 0.25) is 0 Å². The zero-order valence-corrected chi connectivity index (χ0v) is 11.7. The summed E-state index contributed by atoms with van der Waals surface area (Å²) in [4.78, 5) is 16.9. The summed E-state index contributed by atoms with van der Waals surface area (Å²) in [7, 11) is 0. The van der Waals surface area contributed by atoms with Crippen LogP contribution >= 0.6 is 24.0 Å². The van der Waals surface area contributed by atoms with Gasteiger partial charge in [0.2, 0.25) is 5.91 Å². The van der Waals surface area contributed by atoms with Crippen LogP contribution in [0.25, 0.3) is 0 Å². The predicted octanol–water partition coefficient (Wildman–Crippen LogP) is 2.60. The van der Waals surface area contributed by atoms with Gasteiger partial charge in [0.25, 0.3) is 0 Å². The molecule has 0 atom stereocenters. The van der Waals surface area contributed by atoms with E-state index in [1.54, 1.807) is 11.3 Å². The summed E-state index contributed by atoms with van der Waals surface area (Å²) in [6.45, 7) is 2.45. The molecule has 1 N–H and O–H groups in total. The van der Waals surface area contributed by atoms with E-state index in [4.69, 9.17) is 0 Å². The van der Waals surface area contributed by atoms with Gasteiger partial charge in [0.15, 0.2) is 0 Å². The second kappa shape index (κ2) is 6.02. The minimum Gasteiger partial charge on any atom is -0.349 e. The number of benzene rings is 1. The number of amides is 1. The molecule has 3 nitrogen and oxygen atoms in total. The Morgan fingerprint density at radius 3 is 2.72 bits per heavy atom. The number of nitrogens with zero attached hydrogens (tertiary/aromatic N) is 1. The number of hydrogen-bond acceptors (Lipinski definition) is 4. The quantitative estimate of drug-likeness (QED) is 0.844. The summed E-state index contributed by atoms with van der Waals surface area (Å²) in [5.74, 6) is 0.00904. The lowest BCUT2D eigenvalue weighted by Gasteiger charge is -2.03. The minimum atomic E-state index is 0.00904. The van der Waals surface area contributed by atoms with Crippen LogP contribution < -0.4 is 5.32 Å². The zero-order valence-electron chi connectivity index (χ0n) is 10.0. The monoisotopic (exact) mass is 278 g/mol. The Balaban J connectivity index is 1.83. The van der Waals surface area contributed by atoms with Gasteiger partial charge >= 0.3 is 0 Å². The SMILES string of the molecule is Cc1csc(CNC(=O)Cc2ccc(S)cc2)n1. The van der Waals surface area contributed by atoms with Crippen LogP contribution in [0.1, 0.15) is 16.3 Å². The number of carbonyl (C=O) groups is 1. The maximum absolute atomic E-state index is 11.7. The van der Waals surface area contributed by atoms with Gasteiger partial charge in [0, 0.05) is 16.0 Å². The lowest BCUT2D eigenvalue weighted by Crippen LogP contribution is -2.24. The first-order valence-corrected chi connectivity index (χ1v) is 6.92. The van der Waals surface area contributed by atoms with Gasteiger partial charge in [0.1, 0.15) is 5.01 Å². The van der Waals surface area contributed by atoms with Crippen molar-refractivity contribution in [1.82, 2.24) is 10.3 Å². The van der Waals surface area contributed by atoms with Gasteiger partial charge in [0.05, 0.1) is 13.0 Å². The van der Waals surface area contributed by atoms with Crippen molar-refractivity contribution in [1.29, 1.82) is 0 Å². The van der Waals surface area contributed by atoms with Gasteiger partial charge < -0.3 is 5.32 Å². The Kier molecular flexibility index (Phi) is 4.38. The molecule has 0 spiro atoms. The van der Waals surface area contributed by atoms with Gasteiger partial charge in [-0.15, -0.1) is 24.0 Å². The molecule has 1 heterocycles. The highest BCUT2D eigenvalue weighted by molar-refractivity contribution is 7.80. The summed E-state index contributed by atoms with van der Waals surface area (Å²) in [5, 5.41) is 5.78. The van der Waals surface area contributed by atoms with Crippen molar-refractivity contribution in [3.63, 3.8) is 0 Å². The van der Waals surface area contributed by atoms with Crippen LogP contribution in [0, 0.1) is 6.92 Å².